The summed E-state index contributed by atoms with van der Waals surface area (Å²) in [4.78, 5) is 29.9. The first-order chi connectivity index (χ1) is 11.7. The molecule has 2 aromatic rings. The van der Waals surface area contributed by atoms with E-state index in [0.29, 0.717) is 23.2 Å². The molecule has 0 aliphatic carbocycles. The molecule has 1 fully saturated rings. The Bertz CT molecular complexity index is 727. The summed E-state index contributed by atoms with van der Waals surface area (Å²) in [5.41, 5.74) is 1.58. The summed E-state index contributed by atoms with van der Waals surface area (Å²) in [6.45, 7) is 3.29. The molecule has 0 radical (unpaired) electrons. The molecule has 0 unspecified atom stereocenters. The van der Waals surface area contributed by atoms with Crippen molar-refractivity contribution < 1.29 is 9.59 Å². The van der Waals surface area contributed by atoms with Crippen molar-refractivity contribution in [1.82, 2.24) is 9.80 Å². The maximum Gasteiger partial charge on any atom is 0.254 e. The predicted octanol–water partition coefficient (Wildman–Crippen LogP) is 2.70. The van der Waals surface area contributed by atoms with E-state index in [4.69, 9.17) is 0 Å². The predicted molar refractivity (Wildman–Crippen MR) is 94.3 cm³/mol. The van der Waals surface area contributed by atoms with Gasteiger partial charge in [-0.05, 0) is 26.1 Å². The lowest BCUT2D eigenvalue weighted by Crippen LogP contribution is -2.35. The van der Waals surface area contributed by atoms with Gasteiger partial charge >= 0.3 is 0 Å². The van der Waals surface area contributed by atoms with Crippen molar-refractivity contribution in [3.8, 4) is 0 Å². The molecule has 1 amide bonds. The van der Waals surface area contributed by atoms with Gasteiger partial charge in [0.15, 0.2) is 5.78 Å². The molecule has 1 heterocycles. The minimum atomic E-state index is -0.105. The summed E-state index contributed by atoms with van der Waals surface area (Å²) < 4.78 is 0. The van der Waals surface area contributed by atoms with Crippen LogP contribution in [0, 0.1) is 0 Å². The lowest BCUT2D eigenvalue weighted by molar-refractivity contribution is 0.0758. The van der Waals surface area contributed by atoms with E-state index in [1.54, 1.807) is 24.3 Å². The zero-order valence-electron chi connectivity index (χ0n) is 13.9. The molecule has 1 aliphatic rings. The van der Waals surface area contributed by atoms with Gasteiger partial charge in [0.2, 0.25) is 0 Å². The van der Waals surface area contributed by atoms with Gasteiger partial charge in [0.05, 0.1) is 5.56 Å². The van der Waals surface area contributed by atoms with Crippen molar-refractivity contribution in [3.05, 3.63) is 71.3 Å². The quantitative estimate of drug-likeness (QED) is 0.816. The van der Waals surface area contributed by atoms with Gasteiger partial charge in [-0.3, -0.25) is 9.59 Å². The molecule has 4 nitrogen and oxygen atoms in total. The number of ketones is 1. The van der Waals surface area contributed by atoms with Crippen LogP contribution >= 0.6 is 0 Å². The number of benzene rings is 2. The molecule has 0 spiro atoms. The summed E-state index contributed by atoms with van der Waals surface area (Å²) in [5, 5.41) is 0. The Morgan fingerprint density at radius 1 is 0.792 bits per heavy atom. The molecule has 0 aromatic heterocycles. The zero-order chi connectivity index (χ0) is 16.9. The number of amides is 1. The first-order valence-electron chi connectivity index (χ1n) is 8.33. The molecule has 2 aromatic carbocycles. The van der Waals surface area contributed by atoms with E-state index in [2.05, 4.69) is 11.9 Å². The highest BCUT2D eigenvalue weighted by Crippen LogP contribution is 2.17. The van der Waals surface area contributed by atoms with Crippen LogP contribution in [-0.2, 0) is 0 Å². The Balaban J connectivity index is 1.89. The second-order valence-corrected chi connectivity index (χ2v) is 6.19. The Hall–Kier alpha value is -2.46. The number of hydrogen-bond acceptors (Lipinski definition) is 3. The third-order valence-electron chi connectivity index (χ3n) is 4.44. The van der Waals surface area contributed by atoms with Gasteiger partial charge in [0.25, 0.3) is 5.91 Å². The Labute approximate surface area is 142 Å². The van der Waals surface area contributed by atoms with Crippen molar-refractivity contribution in [2.45, 2.75) is 6.42 Å². The minimum absolute atomic E-state index is 0.0508. The average Bonchev–Trinajstić information content (AvgIpc) is 2.86. The fourth-order valence-electron chi connectivity index (χ4n) is 3.03. The number of rotatable bonds is 3. The molecule has 0 bridgehead atoms. The largest absolute Gasteiger partial charge is 0.337 e. The number of carbonyl (C=O) groups excluding carboxylic acids is 2. The van der Waals surface area contributed by atoms with Gasteiger partial charge < -0.3 is 9.80 Å². The van der Waals surface area contributed by atoms with E-state index in [1.165, 1.54) is 0 Å². The minimum Gasteiger partial charge on any atom is -0.337 e. The first-order valence-corrected chi connectivity index (χ1v) is 8.33. The zero-order valence-corrected chi connectivity index (χ0v) is 13.9. The number of likely N-dealkylation sites (N-methyl/N-ethyl adjacent to an activating group) is 1. The first kappa shape index (κ1) is 16.4. The van der Waals surface area contributed by atoms with Crippen molar-refractivity contribution in [3.63, 3.8) is 0 Å². The summed E-state index contributed by atoms with van der Waals surface area (Å²) >= 11 is 0. The highest BCUT2D eigenvalue weighted by Gasteiger charge is 2.23. The van der Waals surface area contributed by atoms with Gasteiger partial charge in [-0.1, -0.05) is 48.5 Å². The lowest BCUT2D eigenvalue weighted by atomic mass is 9.97. The van der Waals surface area contributed by atoms with Crippen LogP contribution in [0.1, 0.15) is 32.7 Å². The molecular formula is C20H22N2O2. The van der Waals surface area contributed by atoms with Crippen molar-refractivity contribution in [1.29, 1.82) is 0 Å². The average molecular weight is 322 g/mol. The van der Waals surface area contributed by atoms with Crippen LogP contribution < -0.4 is 0 Å². The molecule has 4 heteroatoms. The van der Waals surface area contributed by atoms with Crippen LogP contribution in [0.25, 0.3) is 0 Å². The number of hydrogen-bond donors (Lipinski definition) is 0. The molecule has 24 heavy (non-hydrogen) atoms. The van der Waals surface area contributed by atoms with Crippen LogP contribution in [0.5, 0.6) is 0 Å². The fraction of sp³-hybridized carbons (Fsp3) is 0.300. The fourth-order valence-corrected chi connectivity index (χ4v) is 3.03. The van der Waals surface area contributed by atoms with E-state index >= 15 is 0 Å². The molecule has 0 N–H and O–H groups in total. The van der Waals surface area contributed by atoms with E-state index < -0.39 is 0 Å². The van der Waals surface area contributed by atoms with Gasteiger partial charge in [0.1, 0.15) is 0 Å². The van der Waals surface area contributed by atoms with Crippen LogP contribution in [-0.4, -0.2) is 54.7 Å². The Morgan fingerprint density at radius 3 is 2.21 bits per heavy atom. The number of carbonyl (C=O) groups is 2. The van der Waals surface area contributed by atoms with Gasteiger partial charge in [-0.2, -0.15) is 0 Å². The molecule has 1 aliphatic heterocycles. The standard InChI is InChI=1S/C20H22N2O2/c1-21-12-7-13-22(15-14-21)20(24)18-11-6-5-10-17(18)19(23)16-8-3-2-4-9-16/h2-6,8-11H,7,12-15H2,1H3. The van der Waals surface area contributed by atoms with Crippen molar-refractivity contribution in [2.24, 2.45) is 0 Å². The SMILES string of the molecule is CN1CCCN(C(=O)c2ccccc2C(=O)c2ccccc2)CC1. The monoisotopic (exact) mass is 322 g/mol. The maximum absolute atomic E-state index is 13.0. The van der Waals surface area contributed by atoms with Gasteiger partial charge in [-0.25, -0.2) is 0 Å². The summed E-state index contributed by atoms with van der Waals surface area (Å²) in [6, 6.07) is 16.2. The molecule has 124 valence electrons. The van der Waals surface area contributed by atoms with E-state index in [-0.39, 0.29) is 11.7 Å². The van der Waals surface area contributed by atoms with E-state index in [9.17, 15) is 9.59 Å². The van der Waals surface area contributed by atoms with Crippen LogP contribution in [0.3, 0.4) is 0 Å². The normalized spacial score (nSPS) is 15.8. The van der Waals surface area contributed by atoms with Crippen molar-refractivity contribution >= 4 is 11.7 Å². The topological polar surface area (TPSA) is 40.6 Å². The molecule has 0 atom stereocenters. The molecular weight excluding hydrogens is 300 g/mol. The third-order valence-corrected chi connectivity index (χ3v) is 4.44. The van der Waals surface area contributed by atoms with Crippen LogP contribution in [0.4, 0.5) is 0 Å². The highest BCUT2D eigenvalue weighted by atomic mass is 16.2. The molecule has 1 saturated heterocycles. The number of nitrogens with zero attached hydrogens (tertiary/aromatic N) is 2. The van der Waals surface area contributed by atoms with Crippen LogP contribution in [0.2, 0.25) is 0 Å². The molecule has 3 rings (SSSR count). The molecule has 0 saturated carbocycles. The maximum atomic E-state index is 13.0. The second-order valence-electron chi connectivity index (χ2n) is 6.19. The summed E-state index contributed by atoms with van der Waals surface area (Å²) in [5.74, 6) is -0.156. The van der Waals surface area contributed by atoms with Crippen molar-refractivity contribution in [2.75, 3.05) is 33.2 Å². The summed E-state index contributed by atoms with van der Waals surface area (Å²) in [6.07, 6.45) is 0.955. The second kappa shape index (κ2) is 7.41. The Kier molecular flexibility index (Phi) is 5.06. The van der Waals surface area contributed by atoms with Gasteiger partial charge in [-0.15, -0.1) is 0 Å². The highest BCUT2D eigenvalue weighted by molar-refractivity contribution is 6.15. The van der Waals surface area contributed by atoms with Crippen LogP contribution in [0.15, 0.2) is 54.6 Å². The Morgan fingerprint density at radius 2 is 1.46 bits per heavy atom. The third kappa shape index (κ3) is 3.54. The van der Waals surface area contributed by atoms with Gasteiger partial charge in [0, 0.05) is 30.8 Å². The smallest absolute Gasteiger partial charge is 0.254 e. The summed E-state index contributed by atoms with van der Waals surface area (Å²) in [7, 11) is 2.07. The lowest BCUT2D eigenvalue weighted by Gasteiger charge is -2.21. The van der Waals surface area contributed by atoms with E-state index in [1.807, 2.05) is 35.2 Å². The van der Waals surface area contributed by atoms with E-state index in [0.717, 1.165) is 26.1 Å².